The van der Waals surface area contributed by atoms with Crippen LogP contribution in [0.4, 0.5) is 34.9 Å². The average molecular weight is 471 g/mol. The number of nitrogens with two attached hydrogens (primary N) is 2. The van der Waals surface area contributed by atoms with E-state index in [1.165, 1.54) is 10.7 Å². The number of nitrogens with zero attached hydrogens (tertiary/aromatic N) is 4. The predicted octanol–water partition coefficient (Wildman–Crippen LogP) is 3.48. The van der Waals surface area contributed by atoms with Crippen LogP contribution in [-0.2, 0) is 11.2 Å². The largest absolute Gasteiger partial charge is 0.382 e. The first kappa shape index (κ1) is 21.6. The van der Waals surface area contributed by atoms with E-state index >= 15 is 0 Å². The smallest absolute Gasteiger partial charge is 0.255 e. The van der Waals surface area contributed by atoms with Gasteiger partial charge in [-0.2, -0.15) is 19.7 Å². The first-order chi connectivity index (χ1) is 16.2. The summed E-state index contributed by atoms with van der Waals surface area (Å²) in [6.45, 7) is 0. The summed E-state index contributed by atoms with van der Waals surface area (Å²) in [5.41, 5.74) is 11.8. The van der Waals surface area contributed by atoms with Gasteiger partial charge in [0.05, 0.1) is 11.2 Å². The Morgan fingerprint density at radius 2 is 1.71 bits per heavy atom. The number of nitrogen functional groups attached to an aromatic ring is 2. The number of halogens is 4. The summed E-state index contributed by atoms with van der Waals surface area (Å²) in [4.78, 5) is 20.4. The van der Waals surface area contributed by atoms with Crippen molar-refractivity contribution in [2.45, 2.75) is 19.3 Å². The molecule has 0 atom stereocenters. The van der Waals surface area contributed by atoms with E-state index in [-0.39, 0.29) is 46.2 Å². The number of rotatable bonds is 5. The molecule has 2 heterocycles. The second-order valence-electron chi connectivity index (χ2n) is 7.95. The second-order valence-corrected chi connectivity index (χ2v) is 7.95. The molecule has 0 aliphatic heterocycles. The van der Waals surface area contributed by atoms with Crippen molar-refractivity contribution in [3.8, 4) is 5.95 Å². The van der Waals surface area contributed by atoms with E-state index in [9.17, 15) is 22.4 Å². The Bertz CT molecular complexity index is 1440. The molecule has 5 rings (SSSR count). The molecule has 2 aromatic heterocycles. The van der Waals surface area contributed by atoms with E-state index in [2.05, 4.69) is 20.4 Å². The monoisotopic (exact) mass is 471 g/mol. The number of nitrogens with one attached hydrogen (secondary N) is 1. The fourth-order valence-corrected chi connectivity index (χ4v) is 3.61. The Balaban J connectivity index is 1.60. The van der Waals surface area contributed by atoms with Crippen molar-refractivity contribution >= 4 is 34.1 Å². The van der Waals surface area contributed by atoms with Crippen molar-refractivity contribution < 1.29 is 22.4 Å². The van der Waals surface area contributed by atoms with Gasteiger partial charge in [-0.3, -0.25) is 4.79 Å². The summed E-state index contributed by atoms with van der Waals surface area (Å²) in [6, 6.07) is 5.13. The Labute approximate surface area is 189 Å². The van der Waals surface area contributed by atoms with Crippen LogP contribution in [0.5, 0.6) is 0 Å². The molecule has 12 heteroatoms. The highest BCUT2D eigenvalue weighted by Crippen LogP contribution is 2.33. The second kappa shape index (κ2) is 7.97. The maximum Gasteiger partial charge on any atom is 0.255 e. The van der Waals surface area contributed by atoms with Crippen LogP contribution in [0.3, 0.4) is 0 Å². The molecule has 1 saturated carbocycles. The van der Waals surface area contributed by atoms with Crippen molar-refractivity contribution in [2.75, 3.05) is 16.8 Å². The van der Waals surface area contributed by atoms with E-state index in [1.807, 2.05) is 0 Å². The molecule has 0 bridgehead atoms. The highest BCUT2D eigenvalue weighted by Gasteiger charge is 2.31. The highest BCUT2D eigenvalue weighted by molar-refractivity contribution is 5.99. The fraction of sp³-hybridized carbons (Fsp3) is 0.182. The van der Waals surface area contributed by atoms with Crippen LogP contribution in [0.25, 0.3) is 16.9 Å². The first-order valence-corrected chi connectivity index (χ1v) is 10.3. The highest BCUT2D eigenvalue weighted by atomic mass is 19.2. The topological polar surface area (TPSA) is 125 Å². The third-order valence-electron chi connectivity index (χ3n) is 5.54. The maximum absolute atomic E-state index is 14.3. The Morgan fingerprint density at radius 1 is 1.03 bits per heavy atom. The summed E-state index contributed by atoms with van der Waals surface area (Å²) < 4.78 is 57.4. The molecular weight excluding hydrogens is 454 g/mol. The van der Waals surface area contributed by atoms with Crippen LogP contribution in [0, 0.1) is 29.2 Å². The molecule has 4 aromatic rings. The first-order valence-electron chi connectivity index (χ1n) is 10.3. The molecular formula is C22H17F4N7O. The van der Waals surface area contributed by atoms with Crippen molar-refractivity contribution in [3.63, 3.8) is 0 Å². The number of carbonyl (C=O) groups is 1. The molecule has 1 fully saturated rings. The standard InChI is InChI=1S/C22H17F4N7O/c23-10-3-6-16-12(7-10)15(8-11-13(24)4-5-14(25)17(11)26)32-33(16)22-30-19(27)18(20(28)31-22)29-21(34)9-1-2-9/h3-7,9H,1-2,8H2,(H,29,34)(H4,27,28,30,31). The quantitative estimate of drug-likeness (QED) is 0.302. The summed E-state index contributed by atoms with van der Waals surface area (Å²) in [5, 5.41) is 7.10. The lowest BCUT2D eigenvalue weighted by molar-refractivity contribution is -0.117. The van der Waals surface area contributed by atoms with Gasteiger partial charge >= 0.3 is 0 Å². The molecule has 174 valence electrons. The lowest BCUT2D eigenvalue weighted by Gasteiger charge is -2.11. The minimum absolute atomic E-state index is 0.0461. The molecule has 1 amide bonds. The predicted molar refractivity (Wildman–Crippen MR) is 116 cm³/mol. The molecule has 0 saturated heterocycles. The molecule has 1 aliphatic carbocycles. The fourth-order valence-electron chi connectivity index (χ4n) is 3.61. The summed E-state index contributed by atoms with van der Waals surface area (Å²) in [6.07, 6.45) is 1.08. The lowest BCUT2D eigenvalue weighted by atomic mass is 10.1. The van der Waals surface area contributed by atoms with Crippen molar-refractivity contribution in [2.24, 2.45) is 5.92 Å². The number of fused-ring (bicyclic) bond motifs is 1. The third kappa shape index (κ3) is 3.76. The molecule has 34 heavy (non-hydrogen) atoms. The van der Waals surface area contributed by atoms with Crippen molar-refractivity contribution in [1.29, 1.82) is 0 Å². The van der Waals surface area contributed by atoms with Crippen LogP contribution in [0.2, 0.25) is 0 Å². The number of hydrogen-bond donors (Lipinski definition) is 3. The van der Waals surface area contributed by atoms with Gasteiger partial charge in [0.2, 0.25) is 5.91 Å². The molecule has 5 N–H and O–H groups in total. The molecule has 8 nitrogen and oxygen atoms in total. The van der Waals surface area contributed by atoms with Crippen LogP contribution in [0.15, 0.2) is 30.3 Å². The van der Waals surface area contributed by atoms with Gasteiger partial charge in [-0.1, -0.05) is 0 Å². The third-order valence-corrected chi connectivity index (χ3v) is 5.54. The molecule has 1 aliphatic rings. The van der Waals surface area contributed by atoms with Gasteiger partial charge in [0.15, 0.2) is 23.3 Å². The van der Waals surface area contributed by atoms with E-state index in [1.54, 1.807) is 0 Å². The molecule has 0 radical (unpaired) electrons. The van der Waals surface area contributed by atoms with E-state index in [4.69, 9.17) is 11.5 Å². The number of carbonyl (C=O) groups excluding carboxylic acids is 1. The van der Waals surface area contributed by atoms with E-state index in [0.29, 0.717) is 11.6 Å². The van der Waals surface area contributed by atoms with Gasteiger partial charge in [0, 0.05) is 23.3 Å². The number of amides is 1. The lowest BCUT2D eigenvalue weighted by Crippen LogP contribution is -2.18. The van der Waals surface area contributed by atoms with Crippen molar-refractivity contribution in [3.05, 3.63) is 64.9 Å². The average Bonchev–Trinajstić information content (AvgIpc) is 3.59. The van der Waals surface area contributed by atoms with Gasteiger partial charge in [-0.25, -0.2) is 17.6 Å². The molecule has 0 spiro atoms. The number of anilines is 3. The maximum atomic E-state index is 14.3. The molecule has 2 aromatic carbocycles. The number of benzene rings is 2. The normalized spacial score (nSPS) is 13.4. The zero-order chi connectivity index (χ0) is 24.1. The number of hydrogen-bond acceptors (Lipinski definition) is 6. The van der Waals surface area contributed by atoms with Gasteiger partial charge in [-0.15, -0.1) is 0 Å². The Morgan fingerprint density at radius 3 is 2.38 bits per heavy atom. The Kier molecular flexibility index (Phi) is 5.07. The van der Waals surface area contributed by atoms with Gasteiger partial charge in [0.25, 0.3) is 5.95 Å². The minimum atomic E-state index is -1.36. The van der Waals surface area contributed by atoms with Crippen molar-refractivity contribution in [1.82, 2.24) is 19.7 Å². The van der Waals surface area contributed by atoms with E-state index in [0.717, 1.165) is 31.0 Å². The zero-order valence-electron chi connectivity index (χ0n) is 17.4. The van der Waals surface area contributed by atoms with Gasteiger partial charge in [-0.05, 0) is 43.2 Å². The van der Waals surface area contributed by atoms with Crippen LogP contribution < -0.4 is 16.8 Å². The van der Waals surface area contributed by atoms with E-state index < -0.39 is 35.3 Å². The zero-order valence-corrected chi connectivity index (χ0v) is 17.4. The van der Waals surface area contributed by atoms with Crippen LogP contribution in [-0.4, -0.2) is 25.7 Å². The molecule has 0 unspecified atom stereocenters. The summed E-state index contributed by atoms with van der Waals surface area (Å²) >= 11 is 0. The SMILES string of the molecule is Nc1nc(-n2nc(Cc3c(F)ccc(F)c3F)c3cc(F)ccc32)nc(N)c1NC(=O)C1CC1. The summed E-state index contributed by atoms with van der Waals surface area (Å²) in [5.74, 6) is -4.87. The van der Waals surface area contributed by atoms with Gasteiger partial charge < -0.3 is 16.8 Å². The summed E-state index contributed by atoms with van der Waals surface area (Å²) in [7, 11) is 0. The number of aromatic nitrogens is 4. The van der Waals surface area contributed by atoms with Gasteiger partial charge in [0.1, 0.15) is 17.3 Å². The Hall–Kier alpha value is -4.22. The van der Waals surface area contributed by atoms with Crippen LogP contribution in [0.1, 0.15) is 24.1 Å². The minimum Gasteiger partial charge on any atom is -0.382 e. The van der Waals surface area contributed by atoms with Crippen LogP contribution >= 0.6 is 0 Å².